The van der Waals surface area contributed by atoms with Gasteiger partial charge in [-0.15, -0.1) is 0 Å². The van der Waals surface area contributed by atoms with Gasteiger partial charge in [-0.05, 0) is 50.3 Å². The largest absolute Gasteiger partial charge is 0.494 e. The zero-order valence-corrected chi connectivity index (χ0v) is 13.1. The minimum atomic E-state index is -3.05. The van der Waals surface area contributed by atoms with Gasteiger partial charge >= 0.3 is 0 Å². The van der Waals surface area contributed by atoms with Crippen molar-refractivity contribution in [2.24, 2.45) is 0 Å². The van der Waals surface area contributed by atoms with E-state index < -0.39 is 15.4 Å². The van der Waals surface area contributed by atoms with E-state index in [9.17, 15) is 13.5 Å². The van der Waals surface area contributed by atoms with Crippen LogP contribution < -0.4 is 4.74 Å². The first-order chi connectivity index (χ1) is 9.95. The molecule has 1 aromatic rings. The highest BCUT2D eigenvalue weighted by Crippen LogP contribution is 2.46. The van der Waals surface area contributed by atoms with Gasteiger partial charge in [0.1, 0.15) is 5.75 Å². The lowest BCUT2D eigenvalue weighted by Gasteiger charge is -2.44. The highest BCUT2D eigenvalue weighted by Gasteiger charge is 2.50. The van der Waals surface area contributed by atoms with Crippen LogP contribution >= 0.6 is 0 Å². The first-order valence-corrected chi connectivity index (χ1v) is 9.25. The summed E-state index contributed by atoms with van der Waals surface area (Å²) in [6.07, 6.45) is 2.95. The van der Waals surface area contributed by atoms with E-state index in [1.807, 2.05) is 31.2 Å². The first kappa shape index (κ1) is 14.9. The predicted octanol–water partition coefficient (Wildman–Crippen LogP) is 2.40. The summed E-state index contributed by atoms with van der Waals surface area (Å²) in [5, 5.41) is 10.2. The lowest BCUT2D eigenvalue weighted by atomic mass is 9.80. The molecule has 0 spiro atoms. The Balaban J connectivity index is 1.88. The van der Waals surface area contributed by atoms with Crippen molar-refractivity contribution in [1.82, 2.24) is 0 Å². The Bertz CT molecular complexity index is 586. The maximum Gasteiger partial charge on any atom is 0.156 e. The van der Waals surface area contributed by atoms with Crippen molar-refractivity contribution in [1.29, 1.82) is 0 Å². The maximum atomic E-state index is 12.3. The monoisotopic (exact) mass is 310 g/mol. The number of sulfone groups is 1. The van der Waals surface area contributed by atoms with Gasteiger partial charge in [0, 0.05) is 0 Å². The number of benzene rings is 1. The molecule has 2 aliphatic rings. The van der Waals surface area contributed by atoms with E-state index in [1.165, 1.54) is 0 Å². The number of hydrogen-bond donors (Lipinski definition) is 1. The average molecular weight is 310 g/mol. The van der Waals surface area contributed by atoms with Gasteiger partial charge < -0.3 is 9.84 Å². The molecular formula is C16H22O4S. The number of ether oxygens (including phenoxy) is 1. The third-order valence-corrected chi connectivity index (χ3v) is 7.48. The fraction of sp³-hybridized carbons (Fsp3) is 0.625. The lowest BCUT2D eigenvalue weighted by molar-refractivity contribution is 0.00497. The smallest absolute Gasteiger partial charge is 0.156 e. The second-order valence-corrected chi connectivity index (χ2v) is 8.67. The van der Waals surface area contributed by atoms with Crippen LogP contribution in [0.5, 0.6) is 5.75 Å². The number of fused-ring (bicyclic) bond motifs is 2. The van der Waals surface area contributed by atoms with Crippen LogP contribution in [-0.4, -0.2) is 30.6 Å². The number of rotatable bonds is 3. The van der Waals surface area contributed by atoms with Crippen molar-refractivity contribution in [3.8, 4) is 5.75 Å². The molecule has 2 atom stereocenters. The molecular weight excluding hydrogens is 288 g/mol. The zero-order valence-electron chi connectivity index (χ0n) is 12.3. The van der Waals surface area contributed by atoms with Crippen molar-refractivity contribution in [3.63, 3.8) is 0 Å². The van der Waals surface area contributed by atoms with E-state index in [4.69, 9.17) is 4.74 Å². The summed E-state index contributed by atoms with van der Waals surface area (Å²) in [7, 11) is -3.05. The van der Waals surface area contributed by atoms with Crippen molar-refractivity contribution in [2.45, 2.75) is 55.1 Å². The highest BCUT2D eigenvalue weighted by molar-refractivity contribution is 7.92. The molecule has 2 fully saturated rings. The van der Waals surface area contributed by atoms with Crippen LogP contribution in [-0.2, 0) is 15.4 Å². The molecule has 0 amide bonds. The maximum absolute atomic E-state index is 12.3. The fourth-order valence-electron chi connectivity index (χ4n) is 3.71. The Morgan fingerprint density at radius 3 is 2.29 bits per heavy atom. The molecule has 2 saturated heterocycles. The molecule has 1 aromatic carbocycles. The van der Waals surface area contributed by atoms with E-state index in [0.29, 0.717) is 32.3 Å². The van der Waals surface area contributed by atoms with Gasteiger partial charge in [0.25, 0.3) is 0 Å². The molecule has 0 aromatic heterocycles. The molecule has 2 bridgehead atoms. The zero-order chi connectivity index (χ0) is 15.1. The molecule has 21 heavy (non-hydrogen) atoms. The van der Waals surface area contributed by atoms with Crippen molar-refractivity contribution < 1.29 is 18.3 Å². The Morgan fingerprint density at radius 2 is 1.76 bits per heavy atom. The van der Waals surface area contributed by atoms with E-state index in [0.717, 1.165) is 17.7 Å². The SMILES string of the molecule is CCOc1ccc(C2(O)CC3CCCC(C2)S3(=O)=O)cc1. The molecule has 116 valence electrons. The summed E-state index contributed by atoms with van der Waals surface area (Å²) >= 11 is 0. The van der Waals surface area contributed by atoms with Crippen LogP contribution in [0.25, 0.3) is 0 Å². The lowest BCUT2D eigenvalue weighted by Crippen LogP contribution is -2.50. The second-order valence-electron chi connectivity index (χ2n) is 6.16. The third-order valence-electron chi connectivity index (χ3n) is 4.81. The van der Waals surface area contributed by atoms with Gasteiger partial charge in [0.05, 0.1) is 22.7 Å². The molecule has 0 saturated carbocycles. The molecule has 2 unspecified atom stereocenters. The Labute approximate surface area is 126 Å². The number of aliphatic hydroxyl groups is 1. The summed E-state index contributed by atoms with van der Waals surface area (Å²) in [5.74, 6) is 0.772. The van der Waals surface area contributed by atoms with Crippen LogP contribution in [0.4, 0.5) is 0 Å². The van der Waals surface area contributed by atoms with Gasteiger partial charge in [-0.2, -0.15) is 0 Å². The van der Waals surface area contributed by atoms with Crippen LogP contribution in [0.2, 0.25) is 0 Å². The Kier molecular flexibility index (Phi) is 3.74. The summed E-state index contributed by atoms with van der Waals surface area (Å²) in [6, 6.07) is 7.41. The van der Waals surface area contributed by atoms with Crippen molar-refractivity contribution >= 4 is 9.84 Å². The van der Waals surface area contributed by atoms with Crippen molar-refractivity contribution in [2.75, 3.05) is 6.61 Å². The molecule has 0 aliphatic carbocycles. The standard InChI is InChI=1S/C16H22O4S/c1-2-20-13-8-6-12(7-9-13)16(17)10-14-4-3-5-15(11-16)21(14,18)19/h6-9,14-15,17H,2-5,10-11H2,1H3. The van der Waals surface area contributed by atoms with E-state index >= 15 is 0 Å². The van der Waals surface area contributed by atoms with E-state index in [2.05, 4.69) is 0 Å². The topological polar surface area (TPSA) is 63.6 Å². The van der Waals surface area contributed by atoms with Crippen LogP contribution in [0.15, 0.2) is 24.3 Å². The third kappa shape index (κ3) is 2.57. The Morgan fingerprint density at radius 1 is 1.19 bits per heavy atom. The molecule has 4 nitrogen and oxygen atoms in total. The summed E-state index contributed by atoms with van der Waals surface area (Å²) in [4.78, 5) is 0. The average Bonchev–Trinajstić information content (AvgIpc) is 2.42. The summed E-state index contributed by atoms with van der Waals surface area (Å²) in [6.45, 7) is 2.53. The van der Waals surface area contributed by atoms with Gasteiger partial charge in [-0.3, -0.25) is 0 Å². The van der Waals surface area contributed by atoms with Gasteiger partial charge in [0.2, 0.25) is 0 Å². The summed E-state index contributed by atoms with van der Waals surface area (Å²) < 4.78 is 30.1. The molecule has 2 aliphatic heterocycles. The first-order valence-electron chi connectivity index (χ1n) is 7.64. The summed E-state index contributed by atoms with van der Waals surface area (Å²) in [5.41, 5.74) is -0.219. The highest BCUT2D eigenvalue weighted by atomic mass is 32.2. The quantitative estimate of drug-likeness (QED) is 0.931. The molecule has 0 radical (unpaired) electrons. The fourth-order valence-corrected chi connectivity index (χ4v) is 6.26. The predicted molar refractivity (Wildman–Crippen MR) is 81.1 cm³/mol. The second kappa shape index (κ2) is 5.29. The minimum Gasteiger partial charge on any atom is -0.494 e. The molecule has 1 N–H and O–H groups in total. The van der Waals surface area contributed by atoms with Crippen LogP contribution in [0, 0.1) is 0 Å². The molecule has 2 heterocycles. The number of hydrogen-bond acceptors (Lipinski definition) is 4. The molecule has 3 rings (SSSR count). The van der Waals surface area contributed by atoms with Crippen LogP contribution in [0.3, 0.4) is 0 Å². The Hall–Kier alpha value is -1.07. The van der Waals surface area contributed by atoms with Gasteiger partial charge in [0.15, 0.2) is 9.84 Å². The normalized spacial score (nSPS) is 34.4. The minimum absolute atomic E-state index is 0.319. The molecule has 5 heteroatoms. The van der Waals surface area contributed by atoms with Crippen molar-refractivity contribution in [3.05, 3.63) is 29.8 Å². The van der Waals surface area contributed by atoms with Crippen LogP contribution in [0.1, 0.15) is 44.6 Å². The van der Waals surface area contributed by atoms with E-state index in [1.54, 1.807) is 0 Å². The van der Waals surface area contributed by atoms with E-state index in [-0.39, 0.29) is 10.5 Å². The van der Waals surface area contributed by atoms with Gasteiger partial charge in [-0.25, -0.2) is 8.42 Å². The van der Waals surface area contributed by atoms with Gasteiger partial charge in [-0.1, -0.05) is 18.6 Å².